The molecule has 2 aliphatic rings. The third kappa shape index (κ3) is 9.44. The molecule has 0 spiro atoms. The molecule has 0 radical (unpaired) electrons. The van der Waals surface area contributed by atoms with Crippen molar-refractivity contribution in [3.05, 3.63) is 46.6 Å². The zero-order valence-corrected chi connectivity index (χ0v) is 18.3. The summed E-state index contributed by atoms with van der Waals surface area (Å²) in [6.07, 6.45) is 18.0. The van der Waals surface area contributed by atoms with Crippen molar-refractivity contribution < 1.29 is 49.0 Å². The smallest absolute Gasteiger partial charge is 1.00 e. The van der Waals surface area contributed by atoms with E-state index in [9.17, 15) is 0 Å². The van der Waals surface area contributed by atoms with Gasteiger partial charge in [-0.15, -0.1) is 12.8 Å². The number of hydrogen-bond acceptors (Lipinski definition) is 0. The van der Waals surface area contributed by atoms with E-state index in [-0.39, 0.29) is 24.8 Å². The van der Waals surface area contributed by atoms with Gasteiger partial charge in [-0.3, -0.25) is 12.2 Å². The number of halogens is 2. The molecular weight excluding hydrogens is 390 g/mol. The number of rotatable bonds is 4. The van der Waals surface area contributed by atoms with E-state index in [2.05, 4.69) is 56.2 Å². The van der Waals surface area contributed by atoms with E-state index in [1.807, 2.05) is 0 Å². The Kier molecular flexibility index (Phi) is 21.8. The van der Waals surface area contributed by atoms with Crippen LogP contribution in [0.4, 0.5) is 0 Å². The van der Waals surface area contributed by atoms with Crippen LogP contribution in [0.1, 0.15) is 66.2 Å². The van der Waals surface area contributed by atoms with E-state index in [4.69, 9.17) is 0 Å². The summed E-state index contributed by atoms with van der Waals surface area (Å²) in [5.41, 5.74) is 5.91. The van der Waals surface area contributed by atoms with E-state index in [1.165, 1.54) is 59.4 Å². The summed E-state index contributed by atoms with van der Waals surface area (Å²) in [5.74, 6) is 0. The summed E-state index contributed by atoms with van der Waals surface area (Å²) < 4.78 is 3.34. The van der Waals surface area contributed by atoms with Gasteiger partial charge >= 0.3 is 28.4 Å². The number of allylic oxidation sites excluding steroid dienone is 8. The van der Waals surface area contributed by atoms with Gasteiger partial charge in [0.25, 0.3) is 0 Å². The Morgan fingerprint density at radius 2 is 1.09 bits per heavy atom. The van der Waals surface area contributed by atoms with Crippen molar-refractivity contribution in [3.8, 4) is 0 Å². The summed E-state index contributed by atoms with van der Waals surface area (Å²) in [7, 11) is 0. The molecule has 0 aliphatic heterocycles. The maximum atomic E-state index is 3.34. The van der Waals surface area contributed by atoms with Crippen LogP contribution >= 0.6 is 0 Å². The molecule has 0 atom stereocenters. The molecule has 0 saturated heterocycles. The van der Waals surface area contributed by atoms with Crippen molar-refractivity contribution in [2.45, 2.75) is 66.2 Å². The van der Waals surface area contributed by atoms with Gasteiger partial charge in [-0.25, -0.2) is 11.1 Å². The van der Waals surface area contributed by atoms with Gasteiger partial charge < -0.3 is 24.8 Å². The quantitative estimate of drug-likeness (QED) is 0.551. The average Bonchev–Trinajstić information content (AvgIpc) is 3.17. The molecule has 0 fully saturated rings. The van der Waals surface area contributed by atoms with Crippen molar-refractivity contribution in [2.75, 3.05) is 0 Å². The van der Waals surface area contributed by atoms with E-state index in [0.29, 0.717) is 0 Å². The Morgan fingerprint density at radius 3 is 1.27 bits per heavy atom. The van der Waals surface area contributed by atoms with Crippen molar-refractivity contribution in [1.29, 1.82) is 0 Å². The first-order chi connectivity index (χ1) is 9.76. The van der Waals surface area contributed by atoms with Crippen molar-refractivity contribution in [2.24, 2.45) is 0 Å². The standard InChI is InChI=1S/2C9H13.CH2.2ClH.Zr/c2*1-3-8-6-5-7-9(8)4-2;;;;/h2*6H,3-5H2,1-2H3;1H2;2*1H;/q2*-1;;;;+2/p-2. The van der Waals surface area contributed by atoms with E-state index in [1.54, 1.807) is 0 Å². The fraction of sp³-hybridized carbons (Fsp3) is 0.526. The second-order valence-corrected chi connectivity index (χ2v) is 4.59. The molecule has 0 saturated carbocycles. The fourth-order valence-corrected chi connectivity index (χ4v) is 2.49. The topological polar surface area (TPSA) is 0 Å². The summed E-state index contributed by atoms with van der Waals surface area (Å²) in [6, 6.07) is 0. The first-order valence-corrected chi connectivity index (χ1v) is 9.44. The summed E-state index contributed by atoms with van der Waals surface area (Å²) >= 11 is 1.30. The van der Waals surface area contributed by atoms with Gasteiger partial charge in [0, 0.05) is 0 Å². The van der Waals surface area contributed by atoms with Gasteiger partial charge in [-0.1, -0.05) is 53.4 Å². The minimum absolute atomic E-state index is 0. The molecule has 0 unspecified atom stereocenters. The molecule has 2 aliphatic carbocycles. The Hall–Kier alpha value is 0.293. The van der Waals surface area contributed by atoms with Gasteiger partial charge in [0.2, 0.25) is 0 Å². The Morgan fingerprint density at radius 1 is 0.773 bits per heavy atom. The van der Waals surface area contributed by atoms with Gasteiger partial charge in [-0.05, 0) is 0 Å². The molecule has 124 valence electrons. The van der Waals surface area contributed by atoms with Crippen LogP contribution in [-0.4, -0.2) is 4.21 Å². The molecule has 3 heteroatoms. The van der Waals surface area contributed by atoms with Crippen LogP contribution in [0.2, 0.25) is 0 Å². The summed E-state index contributed by atoms with van der Waals surface area (Å²) in [6.45, 7) is 8.79. The third-order valence-corrected chi connectivity index (χ3v) is 3.57. The molecule has 0 aromatic carbocycles. The van der Waals surface area contributed by atoms with Crippen LogP contribution in [0.15, 0.2) is 34.4 Å². The van der Waals surface area contributed by atoms with Crippen LogP contribution < -0.4 is 24.8 Å². The predicted molar refractivity (Wildman–Crippen MR) is 87.2 cm³/mol. The Labute approximate surface area is 165 Å². The zero-order chi connectivity index (χ0) is 15.4. The van der Waals surface area contributed by atoms with Crippen LogP contribution in [0.25, 0.3) is 0 Å². The van der Waals surface area contributed by atoms with Crippen LogP contribution in [0.5, 0.6) is 0 Å². The third-order valence-electron chi connectivity index (χ3n) is 3.57. The van der Waals surface area contributed by atoms with Crippen molar-refractivity contribution >= 4 is 4.21 Å². The normalized spacial score (nSPS) is 14.6. The van der Waals surface area contributed by atoms with Crippen molar-refractivity contribution in [3.63, 3.8) is 0 Å². The first-order valence-electron chi connectivity index (χ1n) is 7.70. The monoisotopic (exact) mass is 416 g/mol. The van der Waals surface area contributed by atoms with Gasteiger partial charge in [0.05, 0.1) is 0 Å². The van der Waals surface area contributed by atoms with Gasteiger partial charge in [-0.2, -0.15) is 23.3 Å². The fourth-order valence-electron chi connectivity index (χ4n) is 2.49. The predicted octanol–water partition coefficient (Wildman–Crippen LogP) is -0.295. The summed E-state index contributed by atoms with van der Waals surface area (Å²) in [5, 5.41) is 0. The van der Waals surface area contributed by atoms with Gasteiger partial charge in [0.1, 0.15) is 0 Å². The molecular formula is C19H28Cl2Zr-2. The SMILES string of the molecule is CCC1=[C-]CC=C1CC.CCC1=[C-]CC=C1CC.[CH2]=[Zr+2].[Cl-].[Cl-]. The van der Waals surface area contributed by atoms with Crippen LogP contribution in [-0.2, 0) is 24.2 Å². The van der Waals surface area contributed by atoms with Crippen molar-refractivity contribution in [1.82, 2.24) is 0 Å². The van der Waals surface area contributed by atoms with Gasteiger partial charge in [0.15, 0.2) is 0 Å². The minimum atomic E-state index is 0. The van der Waals surface area contributed by atoms with E-state index < -0.39 is 0 Å². The first kappa shape index (κ1) is 27.2. The number of hydrogen-bond donors (Lipinski definition) is 0. The largest absolute Gasteiger partial charge is 1.00 e. The van der Waals surface area contributed by atoms with E-state index in [0.717, 1.165) is 25.7 Å². The maximum absolute atomic E-state index is 3.34. The molecule has 0 nitrogen and oxygen atoms in total. The molecule has 0 aromatic heterocycles. The molecule has 0 aromatic rings. The Bertz CT molecular complexity index is 330. The summed E-state index contributed by atoms with van der Waals surface area (Å²) in [4.78, 5) is 0. The second kappa shape index (κ2) is 17.6. The molecule has 22 heavy (non-hydrogen) atoms. The van der Waals surface area contributed by atoms with Crippen LogP contribution in [0, 0.1) is 12.2 Å². The average molecular weight is 419 g/mol. The second-order valence-electron chi connectivity index (χ2n) is 4.59. The molecule has 0 N–H and O–H groups in total. The van der Waals surface area contributed by atoms with E-state index >= 15 is 0 Å². The maximum Gasteiger partial charge on any atom is -1.00 e. The van der Waals surface area contributed by atoms with Crippen LogP contribution in [0.3, 0.4) is 0 Å². The molecule has 0 heterocycles. The molecule has 0 amide bonds. The zero-order valence-electron chi connectivity index (χ0n) is 14.4. The molecule has 2 rings (SSSR count). The minimum Gasteiger partial charge on any atom is -1.00 e. The molecule has 0 bridgehead atoms. The Balaban J connectivity index is -0.000000273.